The van der Waals surface area contributed by atoms with Crippen LogP contribution < -0.4 is 4.90 Å². The van der Waals surface area contributed by atoms with E-state index in [1.807, 2.05) is 24.3 Å². The second-order valence-electron chi connectivity index (χ2n) is 7.37. The first kappa shape index (κ1) is 19.5. The Morgan fingerprint density at radius 1 is 0.897 bits per heavy atom. The van der Waals surface area contributed by atoms with Crippen LogP contribution in [-0.2, 0) is 9.59 Å². The van der Waals surface area contributed by atoms with Crippen molar-refractivity contribution in [2.45, 2.75) is 6.42 Å². The molecule has 0 aliphatic carbocycles. The van der Waals surface area contributed by atoms with Crippen molar-refractivity contribution in [2.24, 2.45) is 5.92 Å². The average molecular weight is 412 g/mol. The number of anilines is 1. The van der Waals surface area contributed by atoms with Gasteiger partial charge in [0.2, 0.25) is 11.8 Å². The maximum absolute atomic E-state index is 13.0. The first-order chi connectivity index (χ1) is 14.0. The van der Waals surface area contributed by atoms with Crippen LogP contribution in [0.2, 0.25) is 5.02 Å². The van der Waals surface area contributed by atoms with Crippen LogP contribution in [0.4, 0.5) is 5.69 Å². The Morgan fingerprint density at radius 3 is 2.28 bits per heavy atom. The molecule has 2 aromatic rings. The number of hydrogen-bond acceptors (Lipinski definition) is 3. The van der Waals surface area contributed by atoms with E-state index in [1.165, 1.54) is 0 Å². The molecule has 0 bridgehead atoms. The van der Waals surface area contributed by atoms with E-state index >= 15 is 0 Å². The van der Waals surface area contributed by atoms with Gasteiger partial charge in [0.15, 0.2) is 0 Å². The van der Waals surface area contributed by atoms with Crippen molar-refractivity contribution >= 4 is 35.0 Å². The van der Waals surface area contributed by atoms with E-state index in [2.05, 4.69) is 0 Å². The Hall–Kier alpha value is -2.86. The molecule has 0 saturated carbocycles. The van der Waals surface area contributed by atoms with Gasteiger partial charge < -0.3 is 14.7 Å². The van der Waals surface area contributed by atoms with Gasteiger partial charge in [0.05, 0.1) is 5.92 Å². The summed E-state index contributed by atoms with van der Waals surface area (Å²) in [5, 5.41) is 0.560. The number of carbonyl (C=O) groups is 3. The van der Waals surface area contributed by atoms with Gasteiger partial charge in [-0.25, -0.2) is 0 Å². The van der Waals surface area contributed by atoms with Crippen molar-refractivity contribution in [3.05, 3.63) is 65.2 Å². The van der Waals surface area contributed by atoms with Gasteiger partial charge in [0.1, 0.15) is 0 Å². The summed E-state index contributed by atoms with van der Waals surface area (Å²) < 4.78 is 0. The van der Waals surface area contributed by atoms with Crippen LogP contribution in [0.1, 0.15) is 16.8 Å². The second kappa shape index (κ2) is 8.25. The van der Waals surface area contributed by atoms with Crippen molar-refractivity contribution in [2.75, 3.05) is 37.6 Å². The highest BCUT2D eigenvalue weighted by Gasteiger charge is 2.38. The zero-order valence-electron chi connectivity index (χ0n) is 16.0. The van der Waals surface area contributed by atoms with Gasteiger partial charge in [0, 0.05) is 55.4 Å². The molecule has 2 fully saturated rings. The van der Waals surface area contributed by atoms with Crippen molar-refractivity contribution in [1.29, 1.82) is 0 Å². The number of hydrogen-bond donors (Lipinski definition) is 0. The number of rotatable bonds is 3. The van der Waals surface area contributed by atoms with Gasteiger partial charge in [-0.3, -0.25) is 14.4 Å². The lowest BCUT2D eigenvalue weighted by molar-refractivity contribution is -0.137. The summed E-state index contributed by atoms with van der Waals surface area (Å²) in [5.74, 6) is -0.461. The molecule has 2 aromatic carbocycles. The summed E-state index contributed by atoms with van der Waals surface area (Å²) in [6, 6.07) is 16.3. The fourth-order valence-electron chi connectivity index (χ4n) is 3.92. The lowest BCUT2D eigenvalue weighted by atomic mass is 10.1. The highest BCUT2D eigenvalue weighted by atomic mass is 35.5. The molecule has 0 aromatic heterocycles. The summed E-state index contributed by atoms with van der Waals surface area (Å²) in [5.41, 5.74) is 1.38. The molecule has 1 atom stereocenters. The van der Waals surface area contributed by atoms with Crippen LogP contribution in [0.15, 0.2) is 54.6 Å². The smallest absolute Gasteiger partial charge is 0.253 e. The summed E-state index contributed by atoms with van der Waals surface area (Å²) in [6.07, 6.45) is 0.203. The summed E-state index contributed by atoms with van der Waals surface area (Å²) in [4.78, 5) is 43.1. The van der Waals surface area contributed by atoms with Gasteiger partial charge in [0.25, 0.3) is 5.91 Å². The molecule has 2 heterocycles. The third kappa shape index (κ3) is 4.12. The van der Waals surface area contributed by atoms with Crippen LogP contribution in [-0.4, -0.2) is 60.2 Å². The summed E-state index contributed by atoms with van der Waals surface area (Å²) in [7, 11) is 0. The van der Waals surface area contributed by atoms with Gasteiger partial charge >= 0.3 is 0 Å². The predicted octanol–water partition coefficient (Wildman–Crippen LogP) is 2.68. The second-order valence-corrected chi connectivity index (χ2v) is 7.81. The molecule has 0 spiro atoms. The maximum atomic E-state index is 13.0. The Labute approximate surface area is 174 Å². The first-order valence-corrected chi connectivity index (χ1v) is 10.1. The molecule has 6 nitrogen and oxygen atoms in total. The van der Waals surface area contributed by atoms with Crippen molar-refractivity contribution in [1.82, 2.24) is 9.80 Å². The van der Waals surface area contributed by atoms with Crippen molar-refractivity contribution < 1.29 is 14.4 Å². The lowest BCUT2D eigenvalue weighted by Gasteiger charge is -2.36. The quantitative estimate of drug-likeness (QED) is 0.780. The minimum atomic E-state index is -0.363. The van der Waals surface area contributed by atoms with Crippen LogP contribution in [0, 0.1) is 5.92 Å². The van der Waals surface area contributed by atoms with Gasteiger partial charge in [-0.2, -0.15) is 0 Å². The molecule has 2 aliphatic heterocycles. The third-order valence-corrected chi connectivity index (χ3v) is 5.73. The molecule has 4 rings (SSSR count). The molecule has 7 heteroatoms. The van der Waals surface area contributed by atoms with Crippen LogP contribution in [0.3, 0.4) is 0 Å². The molecule has 2 aliphatic rings. The molecular weight excluding hydrogens is 390 g/mol. The van der Waals surface area contributed by atoms with Gasteiger partial charge in [-0.05, 0) is 30.3 Å². The lowest BCUT2D eigenvalue weighted by Crippen LogP contribution is -2.52. The summed E-state index contributed by atoms with van der Waals surface area (Å²) in [6.45, 7) is 2.33. The standard InChI is InChI=1S/C22H22ClN3O3/c23-18-7-4-8-19(14-18)26-15-17(13-20(26)27)22(29)25-11-9-24(10-12-25)21(28)16-5-2-1-3-6-16/h1-8,14,17H,9-13,15H2. The third-order valence-electron chi connectivity index (χ3n) is 5.49. The van der Waals surface area contributed by atoms with E-state index < -0.39 is 0 Å². The van der Waals surface area contributed by atoms with Crippen LogP contribution in [0.5, 0.6) is 0 Å². The molecule has 150 valence electrons. The number of halogens is 1. The Bertz CT molecular complexity index is 926. The number of piperazine rings is 1. The highest BCUT2D eigenvalue weighted by molar-refractivity contribution is 6.31. The normalized spacial score (nSPS) is 19.6. The molecule has 2 saturated heterocycles. The minimum absolute atomic E-state index is 0.0131. The predicted molar refractivity (Wildman–Crippen MR) is 111 cm³/mol. The molecule has 29 heavy (non-hydrogen) atoms. The Balaban J connectivity index is 1.35. The first-order valence-electron chi connectivity index (χ1n) is 9.72. The van der Waals surface area contributed by atoms with E-state index in [4.69, 9.17) is 11.6 Å². The average Bonchev–Trinajstić information content (AvgIpc) is 3.15. The van der Waals surface area contributed by atoms with Crippen molar-refractivity contribution in [3.8, 4) is 0 Å². The Morgan fingerprint density at radius 2 is 1.59 bits per heavy atom. The monoisotopic (exact) mass is 411 g/mol. The van der Waals surface area contributed by atoms with Gasteiger partial charge in [-0.15, -0.1) is 0 Å². The highest BCUT2D eigenvalue weighted by Crippen LogP contribution is 2.28. The zero-order valence-corrected chi connectivity index (χ0v) is 16.7. The Kier molecular flexibility index (Phi) is 5.53. The van der Waals surface area contributed by atoms with E-state index in [0.717, 1.165) is 5.69 Å². The molecule has 0 N–H and O–H groups in total. The minimum Gasteiger partial charge on any atom is -0.339 e. The fraction of sp³-hybridized carbons (Fsp3) is 0.318. The molecule has 3 amide bonds. The SMILES string of the molecule is O=C(c1ccccc1)N1CCN(C(=O)C2CC(=O)N(c3cccc(Cl)c3)C2)CC1. The van der Waals surface area contributed by atoms with E-state index in [1.54, 1.807) is 45.0 Å². The fourth-order valence-corrected chi connectivity index (χ4v) is 4.10. The number of amides is 3. The number of carbonyl (C=O) groups excluding carboxylic acids is 3. The number of nitrogens with zero attached hydrogens (tertiary/aromatic N) is 3. The molecular formula is C22H22ClN3O3. The van der Waals surface area contributed by atoms with E-state index in [0.29, 0.717) is 43.3 Å². The van der Waals surface area contributed by atoms with Crippen LogP contribution in [0.25, 0.3) is 0 Å². The maximum Gasteiger partial charge on any atom is 0.253 e. The van der Waals surface area contributed by atoms with E-state index in [9.17, 15) is 14.4 Å². The largest absolute Gasteiger partial charge is 0.339 e. The zero-order chi connectivity index (χ0) is 20.4. The number of benzene rings is 2. The van der Waals surface area contributed by atoms with Crippen LogP contribution >= 0.6 is 11.6 Å². The summed E-state index contributed by atoms with van der Waals surface area (Å²) >= 11 is 6.03. The van der Waals surface area contributed by atoms with E-state index in [-0.39, 0.29) is 30.1 Å². The topological polar surface area (TPSA) is 60.9 Å². The molecule has 0 radical (unpaired) electrons. The molecule has 1 unspecified atom stereocenters. The van der Waals surface area contributed by atoms with Crippen molar-refractivity contribution in [3.63, 3.8) is 0 Å². The van der Waals surface area contributed by atoms with Gasteiger partial charge in [-0.1, -0.05) is 35.9 Å².